The summed E-state index contributed by atoms with van der Waals surface area (Å²) >= 11 is 0. The third kappa shape index (κ3) is 3.09. The molecule has 1 heterocycles. The summed E-state index contributed by atoms with van der Waals surface area (Å²) in [6, 6.07) is 54.1. The molecule has 2 nitrogen and oxygen atoms in total. The molecule has 0 N–H and O–H groups in total. The van der Waals surface area contributed by atoms with Gasteiger partial charge in [-0.1, -0.05) is 103 Å². The summed E-state index contributed by atoms with van der Waals surface area (Å²) in [6.07, 6.45) is 0. The summed E-state index contributed by atoms with van der Waals surface area (Å²) in [6.45, 7) is 0. The van der Waals surface area contributed by atoms with Crippen LogP contribution in [0.5, 0.6) is 11.5 Å². The van der Waals surface area contributed by atoms with E-state index in [2.05, 4.69) is 157 Å². The molecule has 39 heavy (non-hydrogen) atoms. The van der Waals surface area contributed by atoms with Crippen molar-refractivity contribution in [3.8, 4) is 22.6 Å². The van der Waals surface area contributed by atoms with Crippen molar-refractivity contribution in [3.05, 3.63) is 174 Å². The van der Waals surface area contributed by atoms with Crippen LogP contribution in [0.15, 0.2) is 152 Å². The number of fused-ring (bicyclic) bond motifs is 9. The molecule has 2 heteroatoms. The minimum atomic E-state index is -0.480. The first kappa shape index (κ1) is 22.0. The Kier molecular flexibility index (Phi) is 4.77. The molecule has 8 rings (SSSR count). The van der Waals surface area contributed by atoms with Gasteiger partial charge in [0.25, 0.3) is 0 Å². The van der Waals surface area contributed by atoms with Crippen molar-refractivity contribution in [2.45, 2.75) is 5.41 Å². The Balaban J connectivity index is 1.46. The van der Waals surface area contributed by atoms with Crippen molar-refractivity contribution >= 4 is 17.1 Å². The first-order valence-electron chi connectivity index (χ1n) is 13.4. The maximum Gasteiger partial charge on any atom is 0.132 e. The van der Waals surface area contributed by atoms with Gasteiger partial charge in [0.05, 0.1) is 5.41 Å². The van der Waals surface area contributed by atoms with Crippen LogP contribution < -0.4 is 9.64 Å². The van der Waals surface area contributed by atoms with Crippen LogP contribution in [0.1, 0.15) is 22.3 Å². The summed E-state index contributed by atoms with van der Waals surface area (Å²) < 4.78 is 6.50. The zero-order valence-electron chi connectivity index (χ0n) is 21.3. The van der Waals surface area contributed by atoms with Crippen LogP contribution >= 0.6 is 0 Å². The normalized spacial score (nSPS) is 13.5. The van der Waals surface area contributed by atoms with Gasteiger partial charge in [-0.15, -0.1) is 0 Å². The molecule has 0 unspecified atom stereocenters. The van der Waals surface area contributed by atoms with Crippen molar-refractivity contribution in [1.82, 2.24) is 0 Å². The van der Waals surface area contributed by atoms with Gasteiger partial charge in [0.15, 0.2) is 0 Å². The molecule has 6 aromatic carbocycles. The van der Waals surface area contributed by atoms with Gasteiger partial charge < -0.3 is 9.64 Å². The van der Waals surface area contributed by atoms with Crippen LogP contribution in [0.4, 0.5) is 17.1 Å². The second-order valence-corrected chi connectivity index (χ2v) is 10.1. The Morgan fingerprint density at radius 3 is 1.49 bits per heavy atom. The van der Waals surface area contributed by atoms with Crippen LogP contribution in [0.2, 0.25) is 0 Å². The third-order valence-electron chi connectivity index (χ3n) is 8.12. The summed E-state index contributed by atoms with van der Waals surface area (Å²) in [4.78, 5) is 2.34. The van der Waals surface area contributed by atoms with Crippen molar-refractivity contribution < 1.29 is 4.74 Å². The van der Waals surface area contributed by atoms with Gasteiger partial charge in [0, 0.05) is 28.2 Å². The molecule has 0 bridgehead atoms. The number of hydrogen-bond donors (Lipinski definition) is 0. The van der Waals surface area contributed by atoms with Gasteiger partial charge >= 0.3 is 0 Å². The molecule has 0 saturated carbocycles. The quantitative estimate of drug-likeness (QED) is 0.240. The SMILES string of the molecule is c1ccc(N(c2ccccc2)c2ccc3c(c2)C2(c4ccccc4Oc4ccccc42)c2ccccc2-3)cc1. The highest BCUT2D eigenvalue weighted by Gasteiger charge is 2.51. The topological polar surface area (TPSA) is 12.5 Å². The van der Waals surface area contributed by atoms with E-state index >= 15 is 0 Å². The van der Waals surface area contributed by atoms with Gasteiger partial charge in [-0.05, 0) is 70.8 Å². The predicted octanol–water partition coefficient (Wildman–Crippen LogP) is 9.63. The van der Waals surface area contributed by atoms with Crippen LogP contribution in [-0.2, 0) is 5.41 Å². The molecule has 0 aromatic heterocycles. The van der Waals surface area contributed by atoms with Gasteiger partial charge in [0.1, 0.15) is 11.5 Å². The van der Waals surface area contributed by atoms with E-state index in [4.69, 9.17) is 4.74 Å². The molecule has 6 aromatic rings. The fourth-order valence-corrected chi connectivity index (χ4v) is 6.58. The van der Waals surface area contributed by atoms with Gasteiger partial charge in [-0.2, -0.15) is 0 Å². The minimum absolute atomic E-state index is 0.480. The Bertz CT molecular complexity index is 1760. The molecule has 0 fully saturated rings. The van der Waals surface area contributed by atoms with Crippen LogP contribution in [0, 0.1) is 0 Å². The highest BCUT2D eigenvalue weighted by atomic mass is 16.5. The minimum Gasteiger partial charge on any atom is -0.457 e. The second-order valence-electron chi connectivity index (χ2n) is 10.1. The number of hydrogen-bond acceptors (Lipinski definition) is 2. The largest absolute Gasteiger partial charge is 0.457 e. The van der Waals surface area contributed by atoms with Crippen molar-refractivity contribution in [2.75, 3.05) is 4.90 Å². The van der Waals surface area contributed by atoms with Gasteiger partial charge in [0.2, 0.25) is 0 Å². The monoisotopic (exact) mass is 499 g/mol. The molecular formula is C37H25NO. The second kappa shape index (κ2) is 8.47. The van der Waals surface area contributed by atoms with Crippen molar-refractivity contribution in [1.29, 1.82) is 0 Å². The fourth-order valence-electron chi connectivity index (χ4n) is 6.58. The van der Waals surface area contributed by atoms with E-state index in [0.717, 1.165) is 28.6 Å². The molecular weight excluding hydrogens is 474 g/mol. The van der Waals surface area contributed by atoms with E-state index in [1.54, 1.807) is 0 Å². The smallest absolute Gasteiger partial charge is 0.132 e. The molecule has 0 radical (unpaired) electrons. The molecule has 2 aliphatic rings. The Hall–Kier alpha value is -5.08. The Morgan fingerprint density at radius 2 is 0.872 bits per heavy atom. The number of ether oxygens (including phenoxy) is 1. The zero-order valence-corrected chi connectivity index (χ0v) is 21.3. The standard InChI is InChI=1S/C37H25NO/c1-3-13-26(14-4-1)38(27-15-5-2-6-16-27)28-23-24-30-29-17-7-8-18-31(29)37(34(30)25-28)32-19-9-11-21-35(32)39-36-22-12-10-20-33(36)37/h1-25H. The van der Waals surface area contributed by atoms with Crippen LogP contribution in [0.25, 0.3) is 11.1 Å². The van der Waals surface area contributed by atoms with Crippen molar-refractivity contribution in [3.63, 3.8) is 0 Å². The number of nitrogens with zero attached hydrogens (tertiary/aromatic N) is 1. The van der Waals surface area contributed by atoms with E-state index in [-0.39, 0.29) is 0 Å². The third-order valence-corrected chi connectivity index (χ3v) is 8.12. The average Bonchev–Trinajstić information content (AvgIpc) is 3.29. The lowest BCUT2D eigenvalue weighted by Gasteiger charge is -2.39. The lowest BCUT2D eigenvalue weighted by Crippen LogP contribution is -2.32. The fraction of sp³-hybridized carbons (Fsp3) is 0.0270. The lowest BCUT2D eigenvalue weighted by molar-refractivity contribution is 0.436. The van der Waals surface area contributed by atoms with Crippen LogP contribution in [-0.4, -0.2) is 0 Å². The molecule has 0 atom stereocenters. The maximum atomic E-state index is 6.50. The highest BCUT2D eigenvalue weighted by molar-refractivity contribution is 5.91. The molecule has 0 amide bonds. The first-order valence-corrected chi connectivity index (χ1v) is 13.4. The lowest BCUT2D eigenvalue weighted by atomic mass is 9.66. The summed E-state index contributed by atoms with van der Waals surface area (Å²) in [5.41, 5.74) is 10.4. The summed E-state index contributed by atoms with van der Waals surface area (Å²) in [5, 5.41) is 0. The van der Waals surface area contributed by atoms with E-state index in [1.165, 1.54) is 33.4 Å². The van der Waals surface area contributed by atoms with E-state index in [1.807, 2.05) is 0 Å². The Morgan fingerprint density at radius 1 is 0.385 bits per heavy atom. The molecule has 1 aliphatic heterocycles. The Labute approximate surface area is 228 Å². The molecule has 184 valence electrons. The number of anilines is 3. The summed E-state index contributed by atoms with van der Waals surface area (Å²) in [5.74, 6) is 1.82. The van der Waals surface area contributed by atoms with Crippen LogP contribution in [0.3, 0.4) is 0 Å². The number of benzene rings is 6. The predicted molar refractivity (Wildman–Crippen MR) is 159 cm³/mol. The molecule has 1 spiro atoms. The van der Waals surface area contributed by atoms with Crippen molar-refractivity contribution in [2.24, 2.45) is 0 Å². The highest BCUT2D eigenvalue weighted by Crippen LogP contribution is 2.62. The van der Waals surface area contributed by atoms with E-state index in [0.29, 0.717) is 0 Å². The van der Waals surface area contributed by atoms with E-state index < -0.39 is 5.41 Å². The van der Waals surface area contributed by atoms with E-state index in [9.17, 15) is 0 Å². The first-order chi connectivity index (χ1) is 19.4. The van der Waals surface area contributed by atoms with Gasteiger partial charge in [-0.3, -0.25) is 0 Å². The maximum absolute atomic E-state index is 6.50. The number of para-hydroxylation sites is 4. The average molecular weight is 500 g/mol. The van der Waals surface area contributed by atoms with Gasteiger partial charge in [-0.25, -0.2) is 0 Å². The summed E-state index contributed by atoms with van der Waals surface area (Å²) in [7, 11) is 0. The number of rotatable bonds is 3. The molecule has 1 aliphatic carbocycles. The zero-order chi connectivity index (χ0) is 25.8. The molecule has 0 saturated heterocycles.